The first kappa shape index (κ1) is 13.4. The molecule has 0 saturated heterocycles. The van der Waals surface area contributed by atoms with Crippen molar-refractivity contribution < 1.29 is 0 Å². The summed E-state index contributed by atoms with van der Waals surface area (Å²) >= 11 is 14.7. The lowest BCUT2D eigenvalue weighted by Crippen LogP contribution is -1.97. The normalized spacial score (nSPS) is 10.6. The number of nitrogens with one attached hydrogen (secondary N) is 1. The zero-order valence-electron chi connectivity index (χ0n) is 9.06. The molecule has 1 heterocycles. The van der Waals surface area contributed by atoms with Crippen LogP contribution >= 0.6 is 54.8 Å². The van der Waals surface area contributed by atoms with E-state index in [4.69, 9.17) is 11.6 Å². The van der Waals surface area contributed by atoms with E-state index in [2.05, 4.69) is 50.2 Å². The number of hydrogen-bond acceptors (Lipinski definition) is 2. The van der Waals surface area contributed by atoms with Gasteiger partial charge in [0.2, 0.25) is 0 Å². The first-order chi connectivity index (χ1) is 8.06. The third-order valence-electron chi connectivity index (χ3n) is 2.29. The minimum absolute atomic E-state index is 0.733. The van der Waals surface area contributed by atoms with Gasteiger partial charge in [0.1, 0.15) is 0 Å². The number of halogens is 3. The molecule has 0 aliphatic carbocycles. The second kappa shape index (κ2) is 5.74. The fourth-order valence-electron chi connectivity index (χ4n) is 1.42. The van der Waals surface area contributed by atoms with Gasteiger partial charge >= 0.3 is 0 Å². The molecule has 0 radical (unpaired) electrons. The lowest BCUT2D eigenvalue weighted by atomic mass is 10.3. The van der Waals surface area contributed by atoms with Crippen LogP contribution in [0.5, 0.6) is 0 Å². The maximum Gasteiger partial charge on any atom is 0.0495 e. The molecule has 2 rings (SSSR count). The van der Waals surface area contributed by atoms with Gasteiger partial charge in [-0.2, -0.15) is 0 Å². The van der Waals surface area contributed by atoms with Gasteiger partial charge < -0.3 is 5.32 Å². The van der Waals surface area contributed by atoms with Gasteiger partial charge in [0.05, 0.1) is 0 Å². The monoisotopic (exact) mass is 393 g/mol. The number of hydrogen-bond donors (Lipinski definition) is 1. The lowest BCUT2D eigenvalue weighted by Gasteiger charge is -2.07. The van der Waals surface area contributed by atoms with Crippen LogP contribution in [0, 0.1) is 6.92 Å². The van der Waals surface area contributed by atoms with Crippen molar-refractivity contribution in [3.8, 4) is 0 Å². The van der Waals surface area contributed by atoms with E-state index in [1.807, 2.05) is 18.2 Å². The van der Waals surface area contributed by atoms with Crippen molar-refractivity contribution in [2.75, 3.05) is 5.32 Å². The SMILES string of the molecule is Cc1sc(CNc2ccc(Cl)cc2Br)cc1Br. The third kappa shape index (κ3) is 3.47. The standard InChI is InChI=1S/C12H10Br2ClNS/c1-7-10(13)5-9(17-7)6-16-12-3-2-8(15)4-11(12)14/h2-5,16H,6H2,1H3. The Balaban J connectivity index is 2.07. The quantitative estimate of drug-likeness (QED) is 0.688. The van der Waals surface area contributed by atoms with Crippen molar-refractivity contribution in [2.24, 2.45) is 0 Å². The van der Waals surface area contributed by atoms with Gasteiger partial charge in [0, 0.05) is 36.0 Å². The molecule has 0 saturated carbocycles. The molecule has 0 aliphatic rings. The Morgan fingerprint density at radius 2 is 2.00 bits per heavy atom. The summed E-state index contributed by atoms with van der Waals surface area (Å²) in [5.74, 6) is 0. The first-order valence-corrected chi connectivity index (χ1v) is 7.78. The summed E-state index contributed by atoms with van der Waals surface area (Å²) in [6, 6.07) is 7.89. The minimum Gasteiger partial charge on any atom is -0.379 e. The molecule has 0 fully saturated rings. The van der Waals surface area contributed by atoms with Crippen LogP contribution in [-0.4, -0.2) is 0 Å². The second-order valence-corrected chi connectivity index (χ2v) is 7.08. The van der Waals surface area contributed by atoms with Gasteiger partial charge in [-0.1, -0.05) is 11.6 Å². The molecule has 1 N–H and O–H groups in total. The predicted molar refractivity (Wildman–Crippen MR) is 83.2 cm³/mol. The summed E-state index contributed by atoms with van der Waals surface area (Å²) in [6.45, 7) is 2.92. The summed E-state index contributed by atoms with van der Waals surface area (Å²) in [4.78, 5) is 2.60. The predicted octanol–water partition coefficient (Wildman–Crippen LogP) is 5.85. The Labute approximate surface area is 126 Å². The molecule has 0 aliphatic heterocycles. The van der Waals surface area contributed by atoms with E-state index in [0.29, 0.717) is 0 Å². The molecule has 0 unspecified atom stereocenters. The maximum absolute atomic E-state index is 5.90. The zero-order chi connectivity index (χ0) is 12.4. The molecule has 1 aromatic heterocycles. The molecule has 0 spiro atoms. The average molecular weight is 396 g/mol. The van der Waals surface area contributed by atoms with E-state index in [1.165, 1.54) is 14.2 Å². The molecule has 1 nitrogen and oxygen atoms in total. The average Bonchev–Trinajstić information content (AvgIpc) is 2.57. The summed E-state index contributed by atoms with van der Waals surface area (Å²) in [5, 5.41) is 4.11. The van der Waals surface area contributed by atoms with E-state index in [0.717, 1.165) is 21.7 Å². The Hall–Kier alpha value is -0.0300. The number of rotatable bonds is 3. The molecular formula is C12H10Br2ClNS. The van der Waals surface area contributed by atoms with Crippen molar-refractivity contribution >= 4 is 60.5 Å². The van der Waals surface area contributed by atoms with Gasteiger partial charge in [0.25, 0.3) is 0 Å². The van der Waals surface area contributed by atoms with Gasteiger partial charge in [0.15, 0.2) is 0 Å². The molecule has 17 heavy (non-hydrogen) atoms. The molecule has 5 heteroatoms. The Morgan fingerprint density at radius 1 is 1.24 bits per heavy atom. The molecule has 0 bridgehead atoms. The summed E-state index contributed by atoms with van der Waals surface area (Å²) in [5.41, 5.74) is 1.05. The highest BCUT2D eigenvalue weighted by atomic mass is 79.9. The van der Waals surface area contributed by atoms with Crippen molar-refractivity contribution in [1.29, 1.82) is 0 Å². The van der Waals surface area contributed by atoms with Gasteiger partial charge in [-0.3, -0.25) is 0 Å². The number of thiophene rings is 1. The molecule has 0 atom stereocenters. The van der Waals surface area contributed by atoms with Gasteiger partial charge in [-0.05, 0) is 63.0 Å². The van der Waals surface area contributed by atoms with Crippen molar-refractivity contribution in [1.82, 2.24) is 0 Å². The highest BCUT2D eigenvalue weighted by Crippen LogP contribution is 2.29. The number of aryl methyl sites for hydroxylation is 1. The van der Waals surface area contributed by atoms with Crippen LogP contribution in [0.3, 0.4) is 0 Å². The molecule has 1 aromatic carbocycles. The fourth-order valence-corrected chi connectivity index (χ4v) is 3.78. The highest BCUT2D eigenvalue weighted by molar-refractivity contribution is 9.11. The van der Waals surface area contributed by atoms with Crippen LogP contribution in [0.1, 0.15) is 9.75 Å². The van der Waals surface area contributed by atoms with Crippen molar-refractivity contribution in [3.05, 3.63) is 48.0 Å². The second-order valence-electron chi connectivity index (χ2n) is 3.59. The largest absolute Gasteiger partial charge is 0.379 e. The Bertz CT molecular complexity index is 520. The van der Waals surface area contributed by atoms with Crippen molar-refractivity contribution in [2.45, 2.75) is 13.5 Å². The van der Waals surface area contributed by atoms with Crippen LogP contribution in [-0.2, 0) is 6.54 Å². The zero-order valence-corrected chi connectivity index (χ0v) is 13.8. The number of anilines is 1. The van der Waals surface area contributed by atoms with E-state index in [-0.39, 0.29) is 0 Å². The maximum atomic E-state index is 5.90. The van der Waals surface area contributed by atoms with E-state index in [9.17, 15) is 0 Å². The van der Waals surface area contributed by atoms with E-state index in [1.54, 1.807) is 11.3 Å². The lowest BCUT2D eigenvalue weighted by molar-refractivity contribution is 1.19. The topological polar surface area (TPSA) is 12.0 Å². The molecule has 0 amide bonds. The summed E-state index contributed by atoms with van der Waals surface area (Å²) in [7, 11) is 0. The van der Waals surface area contributed by atoms with E-state index < -0.39 is 0 Å². The van der Waals surface area contributed by atoms with Crippen LogP contribution in [0.4, 0.5) is 5.69 Å². The molecule has 90 valence electrons. The Morgan fingerprint density at radius 3 is 2.59 bits per heavy atom. The van der Waals surface area contributed by atoms with Gasteiger partial charge in [-0.25, -0.2) is 0 Å². The smallest absolute Gasteiger partial charge is 0.0495 e. The first-order valence-electron chi connectivity index (χ1n) is 5.00. The van der Waals surface area contributed by atoms with Crippen LogP contribution in [0.15, 0.2) is 33.2 Å². The Kier molecular flexibility index (Phi) is 4.53. The van der Waals surface area contributed by atoms with E-state index >= 15 is 0 Å². The van der Waals surface area contributed by atoms with Gasteiger partial charge in [-0.15, -0.1) is 11.3 Å². The van der Waals surface area contributed by atoms with Crippen LogP contribution in [0.25, 0.3) is 0 Å². The minimum atomic E-state index is 0.733. The van der Waals surface area contributed by atoms with Crippen LogP contribution in [0.2, 0.25) is 5.02 Å². The molecule has 2 aromatic rings. The fraction of sp³-hybridized carbons (Fsp3) is 0.167. The summed E-state index contributed by atoms with van der Waals surface area (Å²) < 4.78 is 2.16. The third-order valence-corrected chi connectivity index (χ3v) is 5.32. The molecular weight excluding hydrogens is 385 g/mol. The number of benzene rings is 1. The van der Waals surface area contributed by atoms with Crippen molar-refractivity contribution in [3.63, 3.8) is 0 Å². The van der Waals surface area contributed by atoms with Crippen LogP contribution < -0.4 is 5.32 Å². The highest BCUT2D eigenvalue weighted by Gasteiger charge is 2.04. The summed E-state index contributed by atoms with van der Waals surface area (Å²) in [6.07, 6.45) is 0.